The lowest BCUT2D eigenvalue weighted by Crippen LogP contribution is -2.52. The lowest BCUT2D eigenvalue weighted by Gasteiger charge is -2.31. The lowest BCUT2D eigenvalue weighted by molar-refractivity contribution is -0.252. The maximum Gasteiger partial charge on any atom is 0.183 e. The normalized spacial score (nSPS) is 49.2. The summed E-state index contributed by atoms with van der Waals surface area (Å²) in [6.45, 7) is -0.153. The molecule has 60 valence electrons. The van der Waals surface area contributed by atoms with Crippen LogP contribution in [0.3, 0.4) is 0 Å². The summed E-state index contributed by atoms with van der Waals surface area (Å²) in [5.74, 6) is 0. The molecule has 0 radical (unpaired) electrons. The standard InChI is InChI=1S/C5H10O5/c6-2-1-10-5(9)4(8)3(2)7/h2-9H,1H2/t2?,3?,4-,5?/m0/s1. The number of hydrogen-bond donors (Lipinski definition) is 4. The molecule has 4 atom stereocenters. The minimum Gasteiger partial charge on any atom is -0.388 e. The van der Waals surface area contributed by atoms with Crippen LogP contribution in [0.25, 0.3) is 0 Å². The first-order valence-corrected chi connectivity index (χ1v) is 2.97. The Labute approximate surface area is 57.5 Å². The molecule has 0 aliphatic carbocycles. The van der Waals surface area contributed by atoms with Crippen LogP contribution >= 0.6 is 0 Å². The first-order chi connectivity index (χ1) is 4.63. The first-order valence-electron chi connectivity index (χ1n) is 2.97. The Balaban J connectivity index is 2.52. The van der Waals surface area contributed by atoms with Gasteiger partial charge in [0, 0.05) is 0 Å². The van der Waals surface area contributed by atoms with Crippen molar-refractivity contribution < 1.29 is 25.2 Å². The van der Waals surface area contributed by atoms with E-state index in [2.05, 4.69) is 4.74 Å². The molecule has 1 rings (SSSR count). The molecule has 1 aliphatic heterocycles. The third kappa shape index (κ3) is 1.28. The Morgan fingerprint density at radius 3 is 2.10 bits per heavy atom. The molecule has 0 saturated carbocycles. The summed E-state index contributed by atoms with van der Waals surface area (Å²) in [7, 11) is 0. The Morgan fingerprint density at radius 2 is 1.60 bits per heavy atom. The Hall–Kier alpha value is -0.200. The van der Waals surface area contributed by atoms with Gasteiger partial charge in [0.2, 0.25) is 0 Å². The van der Waals surface area contributed by atoms with Gasteiger partial charge in [-0.15, -0.1) is 0 Å². The number of rotatable bonds is 0. The quantitative estimate of drug-likeness (QED) is 0.304. The molecule has 4 N–H and O–H groups in total. The molecule has 0 aromatic rings. The van der Waals surface area contributed by atoms with Crippen molar-refractivity contribution in [1.29, 1.82) is 0 Å². The van der Waals surface area contributed by atoms with Crippen LogP contribution in [0, 0.1) is 0 Å². The number of ether oxygens (including phenoxy) is 1. The van der Waals surface area contributed by atoms with Gasteiger partial charge in [-0.25, -0.2) is 0 Å². The molecule has 1 fully saturated rings. The van der Waals surface area contributed by atoms with Crippen molar-refractivity contribution in [2.75, 3.05) is 6.61 Å². The molecule has 1 aliphatic rings. The average Bonchev–Trinajstić information content (AvgIpc) is 1.93. The van der Waals surface area contributed by atoms with Crippen molar-refractivity contribution in [3.05, 3.63) is 0 Å². The summed E-state index contributed by atoms with van der Waals surface area (Å²) in [4.78, 5) is 0. The molecule has 0 bridgehead atoms. The molecule has 0 spiro atoms. The van der Waals surface area contributed by atoms with Gasteiger partial charge in [0.25, 0.3) is 0 Å². The predicted octanol–water partition coefficient (Wildman–Crippen LogP) is -2.58. The number of hydrogen-bond acceptors (Lipinski definition) is 5. The van der Waals surface area contributed by atoms with Gasteiger partial charge in [-0.2, -0.15) is 0 Å². The van der Waals surface area contributed by atoms with E-state index in [0.717, 1.165) is 0 Å². The zero-order valence-corrected chi connectivity index (χ0v) is 5.21. The van der Waals surface area contributed by atoms with Crippen molar-refractivity contribution in [3.8, 4) is 0 Å². The fraction of sp³-hybridized carbons (Fsp3) is 1.00. The predicted molar refractivity (Wildman–Crippen MR) is 30.0 cm³/mol. The molecule has 1 saturated heterocycles. The van der Waals surface area contributed by atoms with Gasteiger partial charge in [0.1, 0.15) is 18.3 Å². The summed E-state index contributed by atoms with van der Waals surface area (Å²) < 4.78 is 4.47. The van der Waals surface area contributed by atoms with Gasteiger partial charge in [-0.1, -0.05) is 0 Å². The second-order valence-corrected chi connectivity index (χ2v) is 2.27. The second kappa shape index (κ2) is 2.81. The third-order valence-electron chi connectivity index (χ3n) is 1.47. The fourth-order valence-electron chi connectivity index (χ4n) is 0.791. The topological polar surface area (TPSA) is 90.2 Å². The van der Waals surface area contributed by atoms with Crippen LogP contribution in [-0.2, 0) is 4.74 Å². The molecular formula is C5H10O5. The molecule has 0 aromatic carbocycles. The van der Waals surface area contributed by atoms with Crippen LogP contribution in [0.5, 0.6) is 0 Å². The molecule has 5 nitrogen and oxygen atoms in total. The van der Waals surface area contributed by atoms with Crippen molar-refractivity contribution in [1.82, 2.24) is 0 Å². The third-order valence-corrected chi connectivity index (χ3v) is 1.47. The first kappa shape index (κ1) is 7.90. The van der Waals surface area contributed by atoms with Crippen molar-refractivity contribution in [3.63, 3.8) is 0 Å². The van der Waals surface area contributed by atoms with Gasteiger partial charge in [0.15, 0.2) is 6.29 Å². The molecule has 0 aromatic heterocycles. The minimum absolute atomic E-state index is 0.153. The summed E-state index contributed by atoms with van der Waals surface area (Å²) in [6.07, 6.45) is -5.23. The summed E-state index contributed by atoms with van der Waals surface area (Å²) in [5.41, 5.74) is 0. The highest BCUT2D eigenvalue weighted by Crippen LogP contribution is 2.12. The summed E-state index contributed by atoms with van der Waals surface area (Å²) in [5, 5.41) is 35.3. The van der Waals surface area contributed by atoms with Gasteiger partial charge in [0.05, 0.1) is 6.61 Å². The molecule has 1 heterocycles. The second-order valence-electron chi connectivity index (χ2n) is 2.27. The van der Waals surface area contributed by atoms with Gasteiger partial charge in [-0.3, -0.25) is 0 Å². The van der Waals surface area contributed by atoms with Crippen LogP contribution in [0.4, 0.5) is 0 Å². The maximum absolute atomic E-state index is 8.88. The zero-order valence-electron chi connectivity index (χ0n) is 5.21. The minimum atomic E-state index is -1.41. The molecule has 3 unspecified atom stereocenters. The maximum atomic E-state index is 8.88. The van der Waals surface area contributed by atoms with Crippen molar-refractivity contribution in [2.45, 2.75) is 24.6 Å². The summed E-state index contributed by atoms with van der Waals surface area (Å²) >= 11 is 0. The SMILES string of the molecule is OC1COC(O)[C@@H](O)C1O. The molecule has 10 heavy (non-hydrogen) atoms. The van der Waals surface area contributed by atoms with Crippen molar-refractivity contribution >= 4 is 0 Å². The monoisotopic (exact) mass is 150 g/mol. The zero-order chi connectivity index (χ0) is 7.72. The average molecular weight is 150 g/mol. The van der Waals surface area contributed by atoms with E-state index in [0.29, 0.717) is 0 Å². The highest BCUT2D eigenvalue weighted by Gasteiger charge is 2.36. The van der Waals surface area contributed by atoms with E-state index in [9.17, 15) is 0 Å². The van der Waals surface area contributed by atoms with Crippen LogP contribution in [0.2, 0.25) is 0 Å². The van der Waals surface area contributed by atoms with E-state index in [1.165, 1.54) is 0 Å². The number of aliphatic hydroxyl groups is 4. The van der Waals surface area contributed by atoms with E-state index in [-0.39, 0.29) is 6.61 Å². The molecule has 5 heteroatoms. The van der Waals surface area contributed by atoms with Gasteiger partial charge >= 0.3 is 0 Å². The Morgan fingerprint density at radius 1 is 1.00 bits per heavy atom. The van der Waals surface area contributed by atoms with Gasteiger partial charge < -0.3 is 25.2 Å². The highest BCUT2D eigenvalue weighted by atomic mass is 16.6. The van der Waals surface area contributed by atoms with E-state index < -0.39 is 24.6 Å². The van der Waals surface area contributed by atoms with E-state index >= 15 is 0 Å². The van der Waals surface area contributed by atoms with Crippen LogP contribution in [0.1, 0.15) is 0 Å². The van der Waals surface area contributed by atoms with Crippen LogP contribution < -0.4 is 0 Å². The van der Waals surface area contributed by atoms with Crippen LogP contribution in [0.15, 0.2) is 0 Å². The van der Waals surface area contributed by atoms with Crippen LogP contribution in [-0.4, -0.2) is 51.6 Å². The fourth-order valence-corrected chi connectivity index (χ4v) is 0.791. The van der Waals surface area contributed by atoms with E-state index in [1.54, 1.807) is 0 Å². The molecule has 0 amide bonds. The largest absolute Gasteiger partial charge is 0.388 e. The smallest absolute Gasteiger partial charge is 0.183 e. The Kier molecular flexibility index (Phi) is 2.22. The van der Waals surface area contributed by atoms with Gasteiger partial charge in [-0.05, 0) is 0 Å². The van der Waals surface area contributed by atoms with E-state index in [4.69, 9.17) is 20.4 Å². The lowest BCUT2D eigenvalue weighted by atomic mass is 10.1. The molecular weight excluding hydrogens is 140 g/mol. The number of aliphatic hydroxyl groups excluding tert-OH is 4. The highest BCUT2D eigenvalue weighted by molar-refractivity contribution is 4.81. The Bertz CT molecular complexity index is 103. The summed E-state index contributed by atoms with van der Waals surface area (Å²) in [6, 6.07) is 0. The van der Waals surface area contributed by atoms with E-state index in [1.807, 2.05) is 0 Å². The van der Waals surface area contributed by atoms with Crippen molar-refractivity contribution in [2.24, 2.45) is 0 Å².